The summed E-state index contributed by atoms with van der Waals surface area (Å²) in [6, 6.07) is 3.26. The molecule has 0 aliphatic heterocycles. The molecule has 1 rings (SSSR count). The van der Waals surface area contributed by atoms with Crippen molar-refractivity contribution >= 4 is 23.2 Å². The van der Waals surface area contributed by atoms with Crippen molar-refractivity contribution in [3.63, 3.8) is 0 Å². The Kier molecular flexibility index (Phi) is 4.01. The molecule has 0 aromatic heterocycles. The molecule has 3 nitrogen and oxygen atoms in total. The van der Waals surface area contributed by atoms with Crippen molar-refractivity contribution < 1.29 is 9.47 Å². The number of nitrogens with two attached hydrogens (primary N) is 1. The van der Waals surface area contributed by atoms with Crippen LogP contribution in [0.2, 0.25) is 10.0 Å². The van der Waals surface area contributed by atoms with Crippen LogP contribution in [0, 0.1) is 0 Å². The molecule has 0 fully saturated rings. The maximum Gasteiger partial charge on any atom is 0.144 e. The molecule has 1 atom stereocenters. The van der Waals surface area contributed by atoms with E-state index in [-0.39, 0.29) is 0 Å². The van der Waals surface area contributed by atoms with Crippen LogP contribution in [0.5, 0.6) is 5.75 Å². The third kappa shape index (κ3) is 2.30. The zero-order valence-electron chi connectivity index (χ0n) is 7.88. The lowest BCUT2D eigenvalue weighted by Crippen LogP contribution is -2.13. The van der Waals surface area contributed by atoms with Crippen LogP contribution in [0.25, 0.3) is 0 Å². The molecular formula is C9H11Cl2NO2. The minimum Gasteiger partial charge on any atom is -0.495 e. The van der Waals surface area contributed by atoms with E-state index < -0.39 is 6.23 Å². The highest BCUT2D eigenvalue weighted by molar-refractivity contribution is 6.35. The van der Waals surface area contributed by atoms with Gasteiger partial charge in [0.25, 0.3) is 0 Å². The van der Waals surface area contributed by atoms with Crippen LogP contribution in [0.15, 0.2) is 12.1 Å². The molecule has 2 N–H and O–H groups in total. The van der Waals surface area contributed by atoms with Gasteiger partial charge in [-0.3, -0.25) is 0 Å². The van der Waals surface area contributed by atoms with Crippen molar-refractivity contribution in [2.75, 3.05) is 14.2 Å². The summed E-state index contributed by atoms with van der Waals surface area (Å²) in [7, 11) is 3.01. The molecule has 78 valence electrons. The first kappa shape index (κ1) is 11.6. The first-order chi connectivity index (χ1) is 6.60. The number of benzene rings is 1. The fourth-order valence-electron chi connectivity index (χ4n) is 1.13. The minimum atomic E-state index is -0.596. The van der Waals surface area contributed by atoms with Gasteiger partial charge in [-0.05, 0) is 12.1 Å². The Bertz CT molecular complexity index is 331. The molecule has 0 saturated carbocycles. The second-order valence-corrected chi connectivity index (χ2v) is 3.51. The standard InChI is InChI=1S/C9H11Cl2NO2/c1-13-8-6(9(12)14-2)3-5(10)4-7(8)11/h3-4,9H,12H2,1-2H3. The van der Waals surface area contributed by atoms with Crippen LogP contribution in [-0.4, -0.2) is 14.2 Å². The Morgan fingerprint density at radius 1 is 1.29 bits per heavy atom. The lowest BCUT2D eigenvalue weighted by Gasteiger charge is -2.15. The molecule has 1 aromatic rings. The second kappa shape index (κ2) is 4.84. The predicted molar refractivity (Wildman–Crippen MR) is 57.0 cm³/mol. The molecule has 1 unspecified atom stereocenters. The third-order valence-electron chi connectivity index (χ3n) is 1.80. The summed E-state index contributed by atoms with van der Waals surface area (Å²) in [6.45, 7) is 0. The number of methoxy groups -OCH3 is 2. The highest BCUT2D eigenvalue weighted by Crippen LogP contribution is 2.35. The number of rotatable bonds is 3. The molecule has 0 amide bonds. The zero-order valence-corrected chi connectivity index (χ0v) is 9.39. The molecule has 0 spiro atoms. The first-order valence-corrected chi connectivity index (χ1v) is 4.67. The lowest BCUT2D eigenvalue weighted by atomic mass is 10.2. The Morgan fingerprint density at radius 3 is 2.43 bits per heavy atom. The van der Waals surface area contributed by atoms with Crippen molar-refractivity contribution in [2.45, 2.75) is 6.23 Å². The average Bonchev–Trinajstić information content (AvgIpc) is 2.15. The van der Waals surface area contributed by atoms with Crippen molar-refractivity contribution in [1.82, 2.24) is 0 Å². The van der Waals surface area contributed by atoms with Gasteiger partial charge >= 0.3 is 0 Å². The molecule has 0 radical (unpaired) electrons. The quantitative estimate of drug-likeness (QED) is 0.820. The summed E-state index contributed by atoms with van der Waals surface area (Å²) in [5.41, 5.74) is 6.32. The zero-order chi connectivity index (χ0) is 10.7. The number of hydrogen-bond acceptors (Lipinski definition) is 3. The molecule has 0 bridgehead atoms. The molecule has 0 aliphatic carbocycles. The minimum absolute atomic E-state index is 0.419. The maximum atomic E-state index is 5.92. The molecule has 1 aromatic carbocycles. The highest BCUT2D eigenvalue weighted by atomic mass is 35.5. The molecular weight excluding hydrogens is 225 g/mol. The average molecular weight is 236 g/mol. The van der Waals surface area contributed by atoms with Crippen molar-refractivity contribution in [3.05, 3.63) is 27.7 Å². The van der Waals surface area contributed by atoms with Gasteiger partial charge in [0.2, 0.25) is 0 Å². The summed E-state index contributed by atoms with van der Waals surface area (Å²) in [5.74, 6) is 0.491. The van der Waals surface area contributed by atoms with E-state index >= 15 is 0 Å². The van der Waals surface area contributed by atoms with Crippen LogP contribution in [0.3, 0.4) is 0 Å². The number of halogens is 2. The van der Waals surface area contributed by atoms with E-state index in [9.17, 15) is 0 Å². The third-order valence-corrected chi connectivity index (χ3v) is 2.30. The number of hydrogen-bond donors (Lipinski definition) is 1. The SMILES string of the molecule is COc1c(Cl)cc(Cl)cc1C(N)OC. The Morgan fingerprint density at radius 2 is 1.93 bits per heavy atom. The van der Waals surface area contributed by atoms with Crippen LogP contribution in [0.1, 0.15) is 11.8 Å². The first-order valence-electron chi connectivity index (χ1n) is 3.91. The van der Waals surface area contributed by atoms with Gasteiger partial charge in [0.05, 0.1) is 12.1 Å². The van der Waals surface area contributed by atoms with Crippen molar-refractivity contribution in [3.8, 4) is 5.75 Å². The van der Waals surface area contributed by atoms with Crippen molar-refractivity contribution in [2.24, 2.45) is 5.73 Å². The van der Waals surface area contributed by atoms with E-state index in [2.05, 4.69) is 0 Å². The van der Waals surface area contributed by atoms with Gasteiger partial charge < -0.3 is 15.2 Å². The van der Waals surface area contributed by atoms with Gasteiger partial charge in [-0.25, -0.2) is 0 Å². The maximum absolute atomic E-state index is 5.92. The normalized spacial score (nSPS) is 12.6. The van der Waals surface area contributed by atoms with Gasteiger partial charge in [-0.2, -0.15) is 0 Å². The molecule has 14 heavy (non-hydrogen) atoms. The van der Waals surface area contributed by atoms with E-state index in [4.69, 9.17) is 38.4 Å². The molecule has 0 heterocycles. The Hall–Kier alpha value is -0.480. The van der Waals surface area contributed by atoms with Crippen LogP contribution in [-0.2, 0) is 4.74 Å². The van der Waals surface area contributed by atoms with E-state index in [0.29, 0.717) is 21.4 Å². The molecule has 5 heteroatoms. The Labute approximate surface area is 92.7 Å². The molecule has 0 saturated heterocycles. The highest BCUT2D eigenvalue weighted by Gasteiger charge is 2.15. The van der Waals surface area contributed by atoms with Gasteiger partial charge in [0, 0.05) is 17.7 Å². The second-order valence-electron chi connectivity index (χ2n) is 2.67. The fraction of sp³-hybridized carbons (Fsp3) is 0.333. The van der Waals surface area contributed by atoms with E-state index in [1.807, 2.05) is 0 Å². The van der Waals surface area contributed by atoms with Gasteiger partial charge in [-0.1, -0.05) is 23.2 Å². The van der Waals surface area contributed by atoms with E-state index in [0.717, 1.165) is 0 Å². The largest absolute Gasteiger partial charge is 0.495 e. The summed E-state index contributed by atoms with van der Waals surface area (Å²) in [4.78, 5) is 0. The van der Waals surface area contributed by atoms with Gasteiger partial charge in [0.15, 0.2) is 0 Å². The fourth-order valence-corrected chi connectivity index (χ4v) is 1.72. The van der Waals surface area contributed by atoms with Gasteiger partial charge in [-0.15, -0.1) is 0 Å². The smallest absolute Gasteiger partial charge is 0.144 e. The summed E-state index contributed by atoms with van der Waals surface area (Å²) < 4.78 is 10.1. The van der Waals surface area contributed by atoms with E-state index in [1.54, 1.807) is 12.1 Å². The van der Waals surface area contributed by atoms with Crippen LogP contribution < -0.4 is 10.5 Å². The van der Waals surface area contributed by atoms with Crippen LogP contribution in [0.4, 0.5) is 0 Å². The van der Waals surface area contributed by atoms with E-state index in [1.165, 1.54) is 14.2 Å². The van der Waals surface area contributed by atoms with Gasteiger partial charge in [0.1, 0.15) is 12.0 Å². The summed E-state index contributed by atoms with van der Waals surface area (Å²) >= 11 is 11.7. The number of ether oxygens (including phenoxy) is 2. The predicted octanol–water partition coefficient (Wildman–Crippen LogP) is 2.61. The van der Waals surface area contributed by atoms with Crippen molar-refractivity contribution in [1.29, 1.82) is 0 Å². The summed E-state index contributed by atoms with van der Waals surface area (Å²) in [5, 5.41) is 0.917. The summed E-state index contributed by atoms with van der Waals surface area (Å²) in [6.07, 6.45) is -0.596. The lowest BCUT2D eigenvalue weighted by molar-refractivity contribution is 0.107. The topological polar surface area (TPSA) is 44.5 Å². The van der Waals surface area contributed by atoms with Crippen LogP contribution >= 0.6 is 23.2 Å². The monoisotopic (exact) mass is 235 g/mol. The Balaban J connectivity index is 3.24. The molecule has 0 aliphatic rings.